The third-order valence-electron chi connectivity index (χ3n) is 2.26. The van der Waals surface area contributed by atoms with Crippen LogP contribution in [0, 0.1) is 0 Å². The number of carbonyl (C=O) groups is 1. The minimum absolute atomic E-state index is 0.254. The Labute approximate surface area is 114 Å². The number of carbonyl (C=O) groups excluding carboxylic acids is 1. The smallest absolute Gasteiger partial charge is 0.330 e. The molecule has 0 spiro atoms. The Morgan fingerprint density at radius 3 is 2.47 bits per heavy atom. The van der Waals surface area contributed by atoms with Crippen molar-refractivity contribution in [2.45, 2.75) is 6.92 Å². The van der Waals surface area contributed by atoms with Crippen LogP contribution in [0.1, 0.15) is 12.5 Å². The van der Waals surface area contributed by atoms with Gasteiger partial charge in [-0.25, -0.2) is 4.79 Å². The lowest BCUT2D eigenvalue weighted by Crippen LogP contribution is -2.11. The van der Waals surface area contributed by atoms with Gasteiger partial charge in [0, 0.05) is 12.7 Å². The van der Waals surface area contributed by atoms with Crippen LogP contribution < -0.4 is 0 Å². The molecule has 4 heteroatoms. The van der Waals surface area contributed by atoms with Crippen LogP contribution in [0.5, 0.6) is 0 Å². The first-order valence-corrected chi connectivity index (χ1v) is 6.38. The second-order valence-corrected chi connectivity index (χ2v) is 3.72. The minimum Gasteiger partial charge on any atom is -0.460 e. The van der Waals surface area contributed by atoms with Crippen LogP contribution in [-0.2, 0) is 19.0 Å². The highest BCUT2D eigenvalue weighted by atomic mass is 16.6. The molecule has 0 saturated heterocycles. The van der Waals surface area contributed by atoms with E-state index in [9.17, 15) is 4.79 Å². The number of benzene rings is 1. The monoisotopic (exact) mass is 264 g/mol. The fourth-order valence-electron chi connectivity index (χ4n) is 1.34. The Morgan fingerprint density at radius 2 is 1.74 bits per heavy atom. The van der Waals surface area contributed by atoms with E-state index in [1.165, 1.54) is 6.08 Å². The summed E-state index contributed by atoms with van der Waals surface area (Å²) in [6.45, 7) is 4.34. The zero-order valence-corrected chi connectivity index (χ0v) is 11.2. The van der Waals surface area contributed by atoms with Gasteiger partial charge in [-0.3, -0.25) is 0 Å². The van der Waals surface area contributed by atoms with Gasteiger partial charge in [0.1, 0.15) is 6.61 Å². The van der Waals surface area contributed by atoms with Crippen molar-refractivity contribution in [1.29, 1.82) is 0 Å². The van der Waals surface area contributed by atoms with E-state index >= 15 is 0 Å². The summed E-state index contributed by atoms with van der Waals surface area (Å²) in [4.78, 5) is 11.4. The molecule has 1 rings (SSSR count). The topological polar surface area (TPSA) is 44.8 Å². The third kappa shape index (κ3) is 8.13. The van der Waals surface area contributed by atoms with Crippen molar-refractivity contribution in [2.24, 2.45) is 0 Å². The molecule has 0 aliphatic heterocycles. The quantitative estimate of drug-likeness (QED) is 0.390. The maximum Gasteiger partial charge on any atom is 0.330 e. The summed E-state index contributed by atoms with van der Waals surface area (Å²) in [7, 11) is 0. The van der Waals surface area contributed by atoms with Gasteiger partial charge in [-0.1, -0.05) is 30.3 Å². The molecule has 0 saturated carbocycles. The Balaban J connectivity index is 2.07. The number of hydrogen-bond acceptors (Lipinski definition) is 4. The minimum atomic E-state index is -0.364. The van der Waals surface area contributed by atoms with Crippen molar-refractivity contribution >= 4 is 12.0 Å². The lowest BCUT2D eigenvalue weighted by Gasteiger charge is -2.04. The summed E-state index contributed by atoms with van der Waals surface area (Å²) in [6, 6.07) is 9.59. The van der Waals surface area contributed by atoms with E-state index in [-0.39, 0.29) is 12.6 Å². The fraction of sp³-hybridized carbons (Fsp3) is 0.400. The maximum atomic E-state index is 11.4. The second-order valence-electron chi connectivity index (χ2n) is 3.72. The molecule has 104 valence electrons. The summed E-state index contributed by atoms with van der Waals surface area (Å²) >= 11 is 0. The molecular weight excluding hydrogens is 244 g/mol. The van der Waals surface area contributed by atoms with Crippen molar-refractivity contribution in [3.05, 3.63) is 42.0 Å². The van der Waals surface area contributed by atoms with E-state index in [1.807, 2.05) is 37.3 Å². The van der Waals surface area contributed by atoms with Gasteiger partial charge >= 0.3 is 5.97 Å². The van der Waals surface area contributed by atoms with Crippen LogP contribution in [0.2, 0.25) is 0 Å². The van der Waals surface area contributed by atoms with Gasteiger partial charge in [0.15, 0.2) is 0 Å². The van der Waals surface area contributed by atoms with E-state index in [2.05, 4.69) is 0 Å². The molecule has 0 unspecified atom stereocenters. The summed E-state index contributed by atoms with van der Waals surface area (Å²) in [5.41, 5.74) is 0.965. The molecule has 0 aliphatic rings. The average Bonchev–Trinajstić information content (AvgIpc) is 2.45. The molecule has 0 aliphatic carbocycles. The highest BCUT2D eigenvalue weighted by molar-refractivity contribution is 5.86. The standard InChI is InChI=1S/C15H20O4/c1-2-17-10-11-18-12-13-19-15(16)9-8-14-6-4-3-5-7-14/h3-9H,2,10-13H2,1H3. The van der Waals surface area contributed by atoms with Gasteiger partial charge in [-0.2, -0.15) is 0 Å². The molecule has 0 N–H and O–H groups in total. The van der Waals surface area contributed by atoms with Crippen molar-refractivity contribution < 1.29 is 19.0 Å². The first kappa shape index (κ1) is 15.4. The van der Waals surface area contributed by atoms with E-state index in [1.54, 1.807) is 6.08 Å². The van der Waals surface area contributed by atoms with E-state index in [4.69, 9.17) is 14.2 Å². The van der Waals surface area contributed by atoms with Gasteiger partial charge in [0.25, 0.3) is 0 Å². The molecule has 1 aromatic rings. The predicted molar refractivity (Wildman–Crippen MR) is 73.7 cm³/mol. The number of rotatable bonds is 9. The van der Waals surface area contributed by atoms with Crippen LogP contribution in [0.3, 0.4) is 0 Å². The van der Waals surface area contributed by atoms with Gasteiger partial charge in [-0.05, 0) is 18.6 Å². The molecular formula is C15H20O4. The van der Waals surface area contributed by atoms with Crippen molar-refractivity contribution in [2.75, 3.05) is 33.0 Å². The lowest BCUT2D eigenvalue weighted by atomic mass is 10.2. The Kier molecular flexibility index (Phi) is 8.34. The Bertz CT molecular complexity index is 373. The largest absolute Gasteiger partial charge is 0.460 e. The first-order chi connectivity index (χ1) is 9.33. The Hall–Kier alpha value is -1.65. The molecule has 0 radical (unpaired) electrons. The maximum absolute atomic E-state index is 11.4. The van der Waals surface area contributed by atoms with Gasteiger partial charge in [-0.15, -0.1) is 0 Å². The van der Waals surface area contributed by atoms with Crippen LogP contribution in [0.25, 0.3) is 6.08 Å². The molecule has 0 bridgehead atoms. The molecule has 1 aromatic carbocycles. The van der Waals surface area contributed by atoms with Crippen LogP contribution in [-0.4, -0.2) is 39.0 Å². The van der Waals surface area contributed by atoms with Crippen LogP contribution >= 0.6 is 0 Å². The molecule has 0 atom stereocenters. The molecule has 0 aromatic heterocycles. The predicted octanol–water partition coefficient (Wildman–Crippen LogP) is 2.30. The first-order valence-electron chi connectivity index (χ1n) is 6.38. The van der Waals surface area contributed by atoms with Gasteiger partial charge in [0.2, 0.25) is 0 Å². The molecule has 0 fully saturated rings. The van der Waals surface area contributed by atoms with Crippen LogP contribution in [0.15, 0.2) is 36.4 Å². The zero-order chi connectivity index (χ0) is 13.8. The number of ether oxygens (including phenoxy) is 3. The van der Waals surface area contributed by atoms with Gasteiger partial charge in [0.05, 0.1) is 19.8 Å². The SMILES string of the molecule is CCOCCOCCOC(=O)C=Cc1ccccc1. The highest BCUT2D eigenvalue weighted by Crippen LogP contribution is 2.00. The van der Waals surface area contributed by atoms with E-state index in [0.717, 1.165) is 5.56 Å². The number of esters is 1. The van der Waals surface area contributed by atoms with Crippen molar-refractivity contribution in [3.8, 4) is 0 Å². The third-order valence-corrected chi connectivity index (χ3v) is 2.26. The molecule has 19 heavy (non-hydrogen) atoms. The van der Waals surface area contributed by atoms with Crippen molar-refractivity contribution in [1.82, 2.24) is 0 Å². The normalized spacial score (nSPS) is 10.8. The number of hydrogen-bond donors (Lipinski definition) is 0. The Morgan fingerprint density at radius 1 is 1.05 bits per heavy atom. The summed E-state index contributed by atoms with van der Waals surface area (Å²) in [5, 5.41) is 0. The van der Waals surface area contributed by atoms with Crippen molar-refractivity contribution in [3.63, 3.8) is 0 Å². The van der Waals surface area contributed by atoms with E-state index in [0.29, 0.717) is 26.4 Å². The van der Waals surface area contributed by atoms with Crippen LogP contribution in [0.4, 0.5) is 0 Å². The molecule has 0 heterocycles. The average molecular weight is 264 g/mol. The van der Waals surface area contributed by atoms with Gasteiger partial charge < -0.3 is 14.2 Å². The summed E-state index contributed by atoms with van der Waals surface area (Å²) in [6.07, 6.45) is 3.13. The van der Waals surface area contributed by atoms with E-state index < -0.39 is 0 Å². The molecule has 4 nitrogen and oxygen atoms in total. The second kappa shape index (κ2) is 10.3. The molecule has 0 amide bonds. The lowest BCUT2D eigenvalue weighted by molar-refractivity contribution is -0.139. The highest BCUT2D eigenvalue weighted by Gasteiger charge is 1.96. The zero-order valence-electron chi connectivity index (χ0n) is 11.2. The summed E-state index contributed by atoms with van der Waals surface area (Å²) in [5.74, 6) is -0.364. The fourth-order valence-corrected chi connectivity index (χ4v) is 1.34. The summed E-state index contributed by atoms with van der Waals surface area (Å²) < 4.78 is 15.3.